The zero-order valence-electron chi connectivity index (χ0n) is 16.5. The van der Waals surface area contributed by atoms with Crippen LogP contribution in [-0.2, 0) is 23.2 Å². The number of aromatic nitrogens is 4. The van der Waals surface area contributed by atoms with E-state index in [4.69, 9.17) is 4.74 Å². The number of rotatable bonds is 7. The fourth-order valence-electron chi connectivity index (χ4n) is 3.08. The Kier molecular flexibility index (Phi) is 6.04. The average Bonchev–Trinajstić information content (AvgIpc) is 3.25. The highest BCUT2D eigenvalue weighted by Crippen LogP contribution is 2.33. The quantitative estimate of drug-likeness (QED) is 0.611. The summed E-state index contributed by atoms with van der Waals surface area (Å²) >= 11 is 0. The smallest absolute Gasteiger partial charge is 0.310 e. The second kappa shape index (κ2) is 8.50. The van der Waals surface area contributed by atoms with Gasteiger partial charge in [0.05, 0.1) is 38.3 Å². The molecule has 0 bridgehead atoms. The SMILES string of the molecule is COCCn1ncc(-c2ccc(-c3cnc(C(=O)NOC)n3C)c(F)c2F)c1C. The van der Waals surface area contributed by atoms with Crippen molar-refractivity contribution >= 4 is 5.91 Å². The number of carbonyl (C=O) groups is 1. The number of hydroxylamine groups is 1. The molecule has 0 saturated carbocycles. The standard InChI is InChI=1S/C19H21F2N5O3/c1-11-14(9-23-26(11)7-8-28-3)12-5-6-13(17(21)16(12)20)15-10-22-18(25(15)2)19(27)24-29-4/h5-6,9-10H,7-8H2,1-4H3,(H,24,27). The fraction of sp³-hybridized carbons (Fsp3) is 0.316. The first kappa shape index (κ1) is 20.6. The molecule has 1 amide bonds. The maximum Gasteiger partial charge on any atom is 0.310 e. The molecule has 0 unspecified atom stereocenters. The van der Waals surface area contributed by atoms with E-state index < -0.39 is 17.5 Å². The number of benzene rings is 1. The summed E-state index contributed by atoms with van der Waals surface area (Å²) in [6.45, 7) is 2.74. The second-order valence-electron chi connectivity index (χ2n) is 6.31. The van der Waals surface area contributed by atoms with Crippen LogP contribution in [0.2, 0.25) is 0 Å². The molecule has 0 atom stereocenters. The summed E-state index contributed by atoms with van der Waals surface area (Å²) in [5, 5.41) is 4.21. The number of hydrogen-bond donors (Lipinski definition) is 1. The van der Waals surface area contributed by atoms with E-state index in [0.717, 1.165) is 0 Å². The first-order chi connectivity index (χ1) is 13.9. The highest BCUT2D eigenvalue weighted by atomic mass is 19.2. The van der Waals surface area contributed by atoms with Gasteiger partial charge < -0.3 is 9.30 Å². The summed E-state index contributed by atoms with van der Waals surface area (Å²) in [6, 6.07) is 2.94. The van der Waals surface area contributed by atoms with E-state index >= 15 is 0 Å². The lowest BCUT2D eigenvalue weighted by molar-refractivity contribution is 0.0523. The number of ether oxygens (including phenoxy) is 1. The molecule has 0 spiro atoms. The van der Waals surface area contributed by atoms with Crippen molar-refractivity contribution in [2.45, 2.75) is 13.5 Å². The molecule has 154 valence electrons. The van der Waals surface area contributed by atoms with E-state index in [1.807, 2.05) is 0 Å². The molecular formula is C19H21F2N5O3. The fourth-order valence-corrected chi connectivity index (χ4v) is 3.08. The number of halogens is 2. The second-order valence-corrected chi connectivity index (χ2v) is 6.31. The third kappa shape index (κ3) is 3.76. The highest BCUT2D eigenvalue weighted by Gasteiger charge is 2.22. The van der Waals surface area contributed by atoms with Crippen molar-refractivity contribution in [3.05, 3.63) is 47.7 Å². The number of amides is 1. The van der Waals surface area contributed by atoms with Gasteiger partial charge in [0.25, 0.3) is 0 Å². The van der Waals surface area contributed by atoms with E-state index in [2.05, 4.69) is 20.4 Å². The summed E-state index contributed by atoms with van der Waals surface area (Å²) in [7, 11) is 4.40. The predicted octanol–water partition coefficient (Wildman–Crippen LogP) is 2.47. The van der Waals surface area contributed by atoms with Crippen molar-refractivity contribution < 1.29 is 23.1 Å². The summed E-state index contributed by atoms with van der Waals surface area (Å²) in [5.41, 5.74) is 3.68. The lowest BCUT2D eigenvalue weighted by atomic mass is 10.0. The molecule has 2 heterocycles. The summed E-state index contributed by atoms with van der Waals surface area (Å²) in [5.74, 6) is -2.63. The molecule has 29 heavy (non-hydrogen) atoms. The summed E-state index contributed by atoms with van der Waals surface area (Å²) < 4.78 is 37.9. The molecule has 2 aromatic heterocycles. The molecular weight excluding hydrogens is 384 g/mol. The Bertz CT molecular complexity index is 1040. The van der Waals surface area contributed by atoms with Crippen LogP contribution in [0.15, 0.2) is 24.5 Å². The Hall–Kier alpha value is -3.11. The maximum atomic E-state index is 14.9. The van der Waals surface area contributed by atoms with Gasteiger partial charge in [-0.1, -0.05) is 6.07 Å². The molecule has 0 saturated heterocycles. The van der Waals surface area contributed by atoms with Crippen LogP contribution in [0, 0.1) is 18.6 Å². The Morgan fingerprint density at radius 2 is 1.83 bits per heavy atom. The molecule has 0 aliphatic carbocycles. The summed E-state index contributed by atoms with van der Waals surface area (Å²) in [4.78, 5) is 20.4. The van der Waals surface area contributed by atoms with Crippen LogP contribution in [0.3, 0.4) is 0 Å². The molecule has 1 N–H and O–H groups in total. The van der Waals surface area contributed by atoms with E-state index in [1.165, 1.54) is 43.3 Å². The first-order valence-electron chi connectivity index (χ1n) is 8.75. The third-order valence-corrected chi connectivity index (χ3v) is 4.64. The molecule has 3 aromatic rings. The Labute approximate surface area is 166 Å². The van der Waals surface area contributed by atoms with Crippen molar-refractivity contribution in [3.63, 3.8) is 0 Å². The zero-order valence-corrected chi connectivity index (χ0v) is 16.5. The minimum atomic E-state index is -1.03. The number of carbonyl (C=O) groups excluding carboxylic acids is 1. The lowest BCUT2D eigenvalue weighted by Gasteiger charge is -2.10. The van der Waals surface area contributed by atoms with E-state index in [9.17, 15) is 13.6 Å². The van der Waals surface area contributed by atoms with Gasteiger partial charge in [-0.25, -0.2) is 19.2 Å². The Morgan fingerprint density at radius 1 is 1.14 bits per heavy atom. The first-order valence-corrected chi connectivity index (χ1v) is 8.75. The van der Waals surface area contributed by atoms with Gasteiger partial charge in [-0.15, -0.1) is 0 Å². The normalized spacial score (nSPS) is 11.1. The Balaban J connectivity index is 2.00. The van der Waals surface area contributed by atoms with Gasteiger partial charge in [-0.2, -0.15) is 5.10 Å². The molecule has 0 aliphatic rings. The molecule has 0 aliphatic heterocycles. The van der Waals surface area contributed by atoms with Crippen molar-refractivity contribution in [2.75, 3.05) is 20.8 Å². The molecule has 3 rings (SSSR count). The topological polar surface area (TPSA) is 83.2 Å². The van der Waals surface area contributed by atoms with Crippen LogP contribution in [-0.4, -0.2) is 46.1 Å². The number of methoxy groups -OCH3 is 1. The summed E-state index contributed by atoms with van der Waals surface area (Å²) in [6.07, 6.45) is 2.80. The van der Waals surface area contributed by atoms with Gasteiger partial charge in [0.2, 0.25) is 5.82 Å². The van der Waals surface area contributed by atoms with Crippen LogP contribution in [0.1, 0.15) is 16.3 Å². The van der Waals surface area contributed by atoms with Gasteiger partial charge >= 0.3 is 5.91 Å². The number of nitrogens with one attached hydrogen (secondary N) is 1. The van der Waals surface area contributed by atoms with Crippen molar-refractivity contribution in [1.29, 1.82) is 0 Å². The van der Waals surface area contributed by atoms with Gasteiger partial charge in [0, 0.05) is 36.5 Å². The van der Waals surface area contributed by atoms with Gasteiger partial charge in [-0.05, 0) is 13.0 Å². The lowest BCUT2D eigenvalue weighted by Crippen LogP contribution is -2.25. The van der Waals surface area contributed by atoms with Crippen LogP contribution >= 0.6 is 0 Å². The minimum absolute atomic E-state index is 0.000925. The third-order valence-electron chi connectivity index (χ3n) is 4.64. The number of hydrogen-bond acceptors (Lipinski definition) is 5. The molecule has 10 heteroatoms. The minimum Gasteiger partial charge on any atom is -0.383 e. The molecule has 0 radical (unpaired) electrons. The number of nitrogens with zero attached hydrogens (tertiary/aromatic N) is 4. The zero-order chi connectivity index (χ0) is 21.1. The van der Waals surface area contributed by atoms with Crippen molar-refractivity contribution in [1.82, 2.24) is 24.8 Å². The van der Waals surface area contributed by atoms with E-state index in [-0.39, 0.29) is 22.6 Å². The maximum absolute atomic E-state index is 14.9. The van der Waals surface area contributed by atoms with Gasteiger partial charge in [0.1, 0.15) is 0 Å². The van der Waals surface area contributed by atoms with Crippen molar-refractivity contribution in [3.8, 4) is 22.4 Å². The predicted molar refractivity (Wildman–Crippen MR) is 101 cm³/mol. The number of imidazole rings is 1. The van der Waals surface area contributed by atoms with Gasteiger partial charge in [0.15, 0.2) is 11.6 Å². The van der Waals surface area contributed by atoms with Gasteiger partial charge in [-0.3, -0.25) is 14.3 Å². The molecule has 8 nitrogen and oxygen atoms in total. The molecule has 0 fully saturated rings. The van der Waals surface area contributed by atoms with Crippen LogP contribution in [0.4, 0.5) is 8.78 Å². The van der Waals surface area contributed by atoms with Crippen molar-refractivity contribution in [2.24, 2.45) is 7.05 Å². The highest BCUT2D eigenvalue weighted by molar-refractivity contribution is 5.91. The van der Waals surface area contributed by atoms with Crippen LogP contribution < -0.4 is 5.48 Å². The monoisotopic (exact) mass is 405 g/mol. The van der Waals surface area contributed by atoms with E-state index in [0.29, 0.717) is 24.4 Å². The van der Waals surface area contributed by atoms with Crippen LogP contribution in [0.5, 0.6) is 0 Å². The average molecular weight is 405 g/mol. The van der Waals surface area contributed by atoms with Crippen LogP contribution in [0.25, 0.3) is 22.4 Å². The Morgan fingerprint density at radius 3 is 2.52 bits per heavy atom. The van der Waals surface area contributed by atoms with E-state index in [1.54, 1.807) is 18.7 Å². The molecule has 1 aromatic carbocycles. The largest absolute Gasteiger partial charge is 0.383 e.